The molecule has 0 aliphatic heterocycles. The van der Waals surface area contributed by atoms with Gasteiger partial charge < -0.3 is 38.3 Å². The number of methoxy groups -OCH3 is 1. The van der Waals surface area contributed by atoms with Crippen molar-refractivity contribution < 1.29 is 43.1 Å². The molecule has 0 aromatic rings. The van der Waals surface area contributed by atoms with Gasteiger partial charge in [-0.1, -0.05) is 45.3 Å². The van der Waals surface area contributed by atoms with Gasteiger partial charge in [0, 0.05) is 13.5 Å². The van der Waals surface area contributed by atoms with Crippen molar-refractivity contribution in [2.45, 2.75) is 123 Å². The van der Waals surface area contributed by atoms with Crippen LogP contribution < -0.4 is 0 Å². The molecular weight excluding hydrogens is 636 g/mol. The van der Waals surface area contributed by atoms with E-state index in [2.05, 4.69) is 26.8 Å². The zero-order valence-electron chi connectivity index (χ0n) is 32.5. The van der Waals surface area contributed by atoms with Crippen molar-refractivity contribution in [1.82, 2.24) is 0 Å². The number of hydrogen-bond acceptors (Lipinski definition) is 9. The number of carbonyl (C=O) groups is 1. The maximum Gasteiger partial charge on any atom is 0.308 e. The quantitative estimate of drug-likeness (QED) is 0.0635. The summed E-state index contributed by atoms with van der Waals surface area (Å²) in [5.41, 5.74) is 1.68. The van der Waals surface area contributed by atoms with Gasteiger partial charge >= 0.3 is 5.97 Å². The summed E-state index contributed by atoms with van der Waals surface area (Å²) in [6.07, 6.45) is 15.7. The van der Waals surface area contributed by atoms with E-state index < -0.39 is 5.60 Å². The molecule has 1 unspecified atom stereocenters. The largest absolute Gasteiger partial charge is 0.462 e. The van der Waals surface area contributed by atoms with Gasteiger partial charge in [0.1, 0.15) is 6.10 Å². The van der Waals surface area contributed by atoms with Crippen molar-refractivity contribution in [2.24, 2.45) is 40.4 Å². The van der Waals surface area contributed by atoms with Gasteiger partial charge in [-0.15, -0.1) is 0 Å². The van der Waals surface area contributed by atoms with Crippen LogP contribution in [0.5, 0.6) is 0 Å². The van der Waals surface area contributed by atoms with Crippen LogP contribution >= 0.6 is 0 Å². The number of fused-ring (bicyclic) bond motifs is 5. The molecule has 4 aliphatic carbocycles. The van der Waals surface area contributed by atoms with Gasteiger partial charge in [0.2, 0.25) is 0 Å². The molecule has 0 amide bonds. The predicted octanol–water partition coefficient (Wildman–Crippen LogP) is 7.17. The molecule has 0 saturated heterocycles. The first-order valence-corrected chi connectivity index (χ1v) is 20.0. The standard InChI is InChI=1S/C41H72O9/c1-31(8-7-16-39(2,3)43)35-11-12-36-34-10-9-32-30-33(13-17-40(32,4)37(34)14-18-41(35,36)5)50-38(42)15-19-45-22-23-47-26-27-49-29-28-48-25-24-46-21-20-44-6/h9,31,33-37,43H,7-8,10-30H2,1-6H3/t31?,33-,34-,35+,36-,37-,40-,41+/m0/s1. The molecule has 3 fully saturated rings. The van der Waals surface area contributed by atoms with Crippen LogP contribution in [0, 0.1) is 40.4 Å². The Hall–Kier alpha value is -1.07. The van der Waals surface area contributed by atoms with E-state index in [0.29, 0.717) is 78.1 Å². The lowest BCUT2D eigenvalue weighted by Crippen LogP contribution is -2.51. The number of ether oxygens (including phenoxy) is 7. The van der Waals surface area contributed by atoms with Crippen LogP contribution in [-0.2, 0) is 38.0 Å². The minimum Gasteiger partial charge on any atom is -0.462 e. The Morgan fingerprint density at radius 3 is 2.04 bits per heavy atom. The van der Waals surface area contributed by atoms with Gasteiger partial charge in [0.15, 0.2) is 0 Å². The molecule has 3 saturated carbocycles. The molecule has 1 N–H and O–H groups in total. The molecular formula is C41H72O9. The molecule has 50 heavy (non-hydrogen) atoms. The molecule has 0 bridgehead atoms. The highest BCUT2D eigenvalue weighted by atomic mass is 16.6. The van der Waals surface area contributed by atoms with Crippen LogP contribution in [0.15, 0.2) is 11.6 Å². The number of hydrogen-bond donors (Lipinski definition) is 1. The van der Waals surface area contributed by atoms with E-state index in [1.54, 1.807) is 12.7 Å². The van der Waals surface area contributed by atoms with Crippen molar-refractivity contribution in [3.05, 3.63) is 11.6 Å². The first-order valence-electron chi connectivity index (χ1n) is 20.0. The SMILES string of the molecule is COCCOCCOCCOCCOCCOCCC(=O)O[C@H]1CC[C@@]2(C)C(=CC[C@H]3[C@@H]4CC[C@H](C(C)CCCC(C)(C)O)[C@@]4(C)CC[C@@H]32)C1. The zero-order chi connectivity index (χ0) is 36.0. The highest BCUT2D eigenvalue weighted by molar-refractivity contribution is 5.69. The van der Waals surface area contributed by atoms with Crippen LogP contribution in [0.1, 0.15) is 112 Å². The summed E-state index contributed by atoms with van der Waals surface area (Å²) in [5.74, 6) is 3.72. The lowest BCUT2D eigenvalue weighted by Gasteiger charge is -2.58. The highest BCUT2D eigenvalue weighted by Crippen LogP contribution is 2.67. The Morgan fingerprint density at radius 2 is 1.44 bits per heavy atom. The lowest BCUT2D eigenvalue weighted by molar-refractivity contribution is -0.152. The molecule has 0 spiro atoms. The van der Waals surface area contributed by atoms with Crippen LogP contribution in [0.3, 0.4) is 0 Å². The van der Waals surface area contributed by atoms with Crippen LogP contribution in [-0.4, -0.2) is 103 Å². The molecule has 9 heteroatoms. The summed E-state index contributed by atoms with van der Waals surface area (Å²) in [5, 5.41) is 10.2. The molecule has 0 aromatic carbocycles. The second kappa shape index (κ2) is 20.4. The Balaban J connectivity index is 1.07. The fourth-order valence-corrected chi connectivity index (χ4v) is 10.3. The van der Waals surface area contributed by atoms with Crippen molar-refractivity contribution in [3.8, 4) is 0 Å². The van der Waals surface area contributed by atoms with Gasteiger partial charge in [-0.3, -0.25) is 4.79 Å². The topological polar surface area (TPSA) is 102 Å². The predicted molar refractivity (Wildman–Crippen MR) is 195 cm³/mol. The van der Waals surface area contributed by atoms with Crippen LogP contribution in [0.2, 0.25) is 0 Å². The summed E-state index contributed by atoms with van der Waals surface area (Å²) < 4.78 is 38.4. The lowest BCUT2D eigenvalue weighted by atomic mass is 9.47. The fourth-order valence-electron chi connectivity index (χ4n) is 10.3. The summed E-state index contributed by atoms with van der Waals surface area (Å²) in [4.78, 5) is 12.7. The van der Waals surface area contributed by atoms with E-state index in [4.69, 9.17) is 33.2 Å². The molecule has 4 rings (SSSR count). The zero-order valence-corrected chi connectivity index (χ0v) is 32.5. The number of esters is 1. The highest BCUT2D eigenvalue weighted by Gasteiger charge is 2.59. The van der Waals surface area contributed by atoms with Crippen molar-refractivity contribution in [1.29, 1.82) is 0 Å². The Kier molecular flexibility index (Phi) is 17.0. The van der Waals surface area contributed by atoms with E-state index in [1.165, 1.54) is 38.5 Å². The first kappa shape index (κ1) is 41.7. The molecule has 9 nitrogen and oxygen atoms in total. The van der Waals surface area contributed by atoms with Gasteiger partial charge in [-0.05, 0) is 106 Å². The first-order chi connectivity index (χ1) is 24.0. The van der Waals surface area contributed by atoms with E-state index >= 15 is 0 Å². The molecule has 290 valence electrons. The number of aliphatic hydroxyl groups is 1. The summed E-state index contributed by atoms with van der Waals surface area (Å²) in [6.45, 7) is 17.1. The molecule has 0 heterocycles. The second-order valence-electron chi connectivity index (χ2n) is 16.8. The molecule has 0 radical (unpaired) electrons. The smallest absolute Gasteiger partial charge is 0.308 e. The maximum atomic E-state index is 12.7. The van der Waals surface area contributed by atoms with Crippen molar-refractivity contribution >= 4 is 5.97 Å². The summed E-state index contributed by atoms with van der Waals surface area (Å²) in [7, 11) is 1.65. The Bertz CT molecular complexity index is 1030. The normalized spacial score (nSPS) is 31.4. The third-order valence-electron chi connectivity index (χ3n) is 12.9. The van der Waals surface area contributed by atoms with Crippen LogP contribution in [0.25, 0.3) is 0 Å². The van der Waals surface area contributed by atoms with Gasteiger partial charge in [0.05, 0.1) is 84.7 Å². The minimum atomic E-state index is -0.557. The van der Waals surface area contributed by atoms with Gasteiger partial charge in [0.25, 0.3) is 0 Å². The van der Waals surface area contributed by atoms with Gasteiger partial charge in [-0.25, -0.2) is 0 Å². The van der Waals surface area contributed by atoms with Gasteiger partial charge in [-0.2, -0.15) is 0 Å². The minimum absolute atomic E-state index is 0.0178. The third-order valence-corrected chi connectivity index (χ3v) is 12.9. The molecule has 4 aliphatic rings. The van der Waals surface area contributed by atoms with E-state index in [0.717, 1.165) is 61.7 Å². The van der Waals surface area contributed by atoms with Crippen LogP contribution in [0.4, 0.5) is 0 Å². The Morgan fingerprint density at radius 1 is 0.840 bits per heavy atom. The van der Waals surface area contributed by atoms with E-state index in [1.807, 2.05) is 13.8 Å². The second-order valence-corrected chi connectivity index (χ2v) is 16.8. The number of rotatable bonds is 24. The van der Waals surface area contributed by atoms with E-state index in [-0.39, 0.29) is 23.9 Å². The molecule has 8 atom stereocenters. The summed E-state index contributed by atoms with van der Waals surface area (Å²) in [6, 6.07) is 0. The maximum absolute atomic E-state index is 12.7. The number of allylic oxidation sites excluding steroid dienone is 1. The fraction of sp³-hybridized carbons (Fsp3) is 0.927. The average Bonchev–Trinajstić information content (AvgIpc) is 3.43. The molecule has 0 aromatic heterocycles. The van der Waals surface area contributed by atoms with Crippen molar-refractivity contribution in [2.75, 3.05) is 79.8 Å². The third kappa shape index (κ3) is 12.0. The monoisotopic (exact) mass is 709 g/mol. The number of carbonyl (C=O) groups excluding carboxylic acids is 1. The average molecular weight is 709 g/mol. The Labute approximate surface area is 303 Å². The summed E-state index contributed by atoms with van der Waals surface area (Å²) >= 11 is 0. The van der Waals surface area contributed by atoms with E-state index in [9.17, 15) is 9.90 Å². The van der Waals surface area contributed by atoms with Crippen molar-refractivity contribution in [3.63, 3.8) is 0 Å².